The number of aliphatic hydroxyl groups is 1. The number of rotatable bonds is 7. The van der Waals surface area contributed by atoms with Gasteiger partial charge in [-0.15, -0.1) is 0 Å². The van der Waals surface area contributed by atoms with Crippen LogP contribution < -0.4 is 5.32 Å². The maximum Gasteiger partial charge on any atom is 0.0947 e. The van der Waals surface area contributed by atoms with Crippen LogP contribution in [0.1, 0.15) is 5.56 Å². The van der Waals surface area contributed by atoms with Crippen molar-refractivity contribution < 1.29 is 14.3 Å². The Bertz CT molecular complexity index is 199. The van der Waals surface area contributed by atoms with E-state index in [4.69, 9.17) is 14.3 Å². The molecule has 0 saturated carbocycles. The number of furan rings is 1. The molecule has 0 aliphatic carbocycles. The molecule has 1 heterocycles. The molecule has 0 aliphatic heterocycles. The number of hydrogen-bond acceptors (Lipinski definition) is 4. The molecule has 4 nitrogen and oxygen atoms in total. The smallest absolute Gasteiger partial charge is 0.0947 e. The molecule has 1 aromatic rings. The second kappa shape index (κ2) is 6.65. The van der Waals surface area contributed by atoms with E-state index in [0.717, 1.165) is 18.7 Å². The molecule has 1 rings (SSSR count). The van der Waals surface area contributed by atoms with Crippen LogP contribution in [0.3, 0.4) is 0 Å². The Morgan fingerprint density at radius 2 is 2.38 bits per heavy atom. The third-order valence-electron chi connectivity index (χ3n) is 1.57. The summed E-state index contributed by atoms with van der Waals surface area (Å²) in [7, 11) is 0. The highest BCUT2D eigenvalue weighted by Gasteiger charge is 1.92. The van der Waals surface area contributed by atoms with Crippen LogP contribution in [0.15, 0.2) is 23.0 Å². The first-order valence-corrected chi connectivity index (χ1v) is 4.34. The predicted octanol–water partition coefficient (Wildman–Crippen LogP) is 0.378. The van der Waals surface area contributed by atoms with Gasteiger partial charge >= 0.3 is 0 Å². The summed E-state index contributed by atoms with van der Waals surface area (Å²) in [5, 5.41) is 11.6. The van der Waals surface area contributed by atoms with Crippen molar-refractivity contribution in [2.45, 2.75) is 6.54 Å². The Morgan fingerprint density at radius 1 is 1.46 bits per heavy atom. The van der Waals surface area contributed by atoms with Crippen molar-refractivity contribution in [3.05, 3.63) is 24.2 Å². The van der Waals surface area contributed by atoms with Gasteiger partial charge in [-0.2, -0.15) is 0 Å². The van der Waals surface area contributed by atoms with Gasteiger partial charge in [0, 0.05) is 18.7 Å². The van der Waals surface area contributed by atoms with Crippen LogP contribution in [0.25, 0.3) is 0 Å². The molecule has 0 fully saturated rings. The molecule has 13 heavy (non-hydrogen) atoms. The lowest BCUT2D eigenvalue weighted by molar-refractivity contribution is 0.0938. The van der Waals surface area contributed by atoms with Crippen molar-refractivity contribution in [2.24, 2.45) is 0 Å². The zero-order valence-corrected chi connectivity index (χ0v) is 7.53. The molecule has 74 valence electrons. The van der Waals surface area contributed by atoms with E-state index >= 15 is 0 Å². The van der Waals surface area contributed by atoms with E-state index in [1.54, 1.807) is 12.5 Å². The second-order valence-electron chi connectivity index (χ2n) is 2.64. The quantitative estimate of drug-likeness (QED) is 0.603. The van der Waals surface area contributed by atoms with E-state index < -0.39 is 0 Å². The lowest BCUT2D eigenvalue weighted by Gasteiger charge is -2.03. The van der Waals surface area contributed by atoms with Crippen LogP contribution in [0.4, 0.5) is 0 Å². The van der Waals surface area contributed by atoms with E-state index in [9.17, 15) is 0 Å². The first-order chi connectivity index (χ1) is 6.43. The van der Waals surface area contributed by atoms with Gasteiger partial charge in [0.05, 0.1) is 32.3 Å². The zero-order valence-electron chi connectivity index (χ0n) is 7.53. The molecule has 0 bridgehead atoms. The van der Waals surface area contributed by atoms with Gasteiger partial charge in [0.2, 0.25) is 0 Å². The van der Waals surface area contributed by atoms with Gasteiger partial charge in [-0.05, 0) is 6.07 Å². The van der Waals surface area contributed by atoms with Gasteiger partial charge in [0.25, 0.3) is 0 Å². The van der Waals surface area contributed by atoms with Crippen molar-refractivity contribution in [3.8, 4) is 0 Å². The Morgan fingerprint density at radius 3 is 3.08 bits per heavy atom. The van der Waals surface area contributed by atoms with Crippen LogP contribution in [-0.4, -0.2) is 31.5 Å². The van der Waals surface area contributed by atoms with E-state index in [1.165, 1.54) is 0 Å². The van der Waals surface area contributed by atoms with Crippen molar-refractivity contribution in [1.29, 1.82) is 0 Å². The second-order valence-corrected chi connectivity index (χ2v) is 2.64. The predicted molar refractivity (Wildman–Crippen MR) is 48.3 cm³/mol. The van der Waals surface area contributed by atoms with Gasteiger partial charge < -0.3 is 19.6 Å². The summed E-state index contributed by atoms with van der Waals surface area (Å²) < 4.78 is 9.97. The maximum atomic E-state index is 8.42. The summed E-state index contributed by atoms with van der Waals surface area (Å²) in [6.07, 6.45) is 3.36. The number of ether oxygens (including phenoxy) is 1. The van der Waals surface area contributed by atoms with E-state index in [1.807, 2.05) is 6.07 Å². The first-order valence-electron chi connectivity index (χ1n) is 4.34. The van der Waals surface area contributed by atoms with Crippen molar-refractivity contribution in [3.63, 3.8) is 0 Å². The van der Waals surface area contributed by atoms with Crippen LogP contribution in [-0.2, 0) is 11.3 Å². The fourth-order valence-electron chi connectivity index (χ4n) is 0.937. The summed E-state index contributed by atoms with van der Waals surface area (Å²) in [6, 6.07) is 1.92. The molecule has 0 saturated heterocycles. The molecule has 0 unspecified atom stereocenters. The Kier molecular flexibility index (Phi) is 5.24. The lowest BCUT2D eigenvalue weighted by Crippen LogP contribution is -2.19. The largest absolute Gasteiger partial charge is 0.472 e. The highest BCUT2D eigenvalue weighted by Crippen LogP contribution is 1.97. The van der Waals surface area contributed by atoms with E-state index in [2.05, 4.69) is 5.32 Å². The molecule has 4 heteroatoms. The standard InChI is InChI=1S/C9H15NO3/c11-3-6-12-5-2-10-7-9-1-4-13-8-9/h1,4,8,10-11H,2-3,5-7H2. The summed E-state index contributed by atoms with van der Waals surface area (Å²) in [4.78, 5) is 0. The van der Waals surface area contributed by atoms with Gasteiger partial charge in [-0.25, -0.2) is 0 Å². The van der Waals surface area contributed by atoms with Gasteiger partial charge in [0.1, 0.15) is 0 Å². The van der Waals surface area contributed by atoms with E-state index in [-0.39, 0.29) is 6.61 Å². The summed E-state index contributed by atoms with van der Waals surface area (Å²) in [6.45, 7) is 2.69. The highest BCUT2D eigenvalue weighted by molar-refractivity contribution is 5.04. The van der Waals surface area contributed by atoms with E-state index in [0.29, 0.717) is 13.2 Å². The molecule has 2 N–H and O–H groups in total. The SMILES string of the molecule is OCCOCCNCc1ccoc1. The van der Waals surface area contributed by atoms with Crippen molar-refractivity contribution in [1.82, 2.24) is 5.32 Å². The lowest BCUT2D eigenvalue weighted by atomic mass is 10.3. The summed E-state index contributed by atoms with van der Waals surface area (Å²) >= 11 is 0. The molecule has 1 aromatic heterocycles. The first kappa shape index (κ1) is 10.2. The van der Waals surface area contributed by atoms with Crippen LogP contribution in [0, 0.1) is 0 Å². The summed E-state index contributed by atoms with van der Waals surface area (Å²) in [5.41, 5.74) is 1.13. The highest BCUT2D eigenvalue weighted by atomic mass is 16.5. The maximum absolute atomic E-state index is 8.42. The monoisotopic (exact) mass is 185 g/mol. The van der Waals surface area contributed by atoms with Crippen molar-refractivity contribution >= 4 is 0 Å². The van der Waals surface area contributed by atoms with Crippen LogP contribution in [0.5, 0.6) is 0 Å². The molecular formula is C9H15NO3. The Balaban J connectivity index is 1.90. The molecular weight excluding hydrogens is 170 g/mol. The zero-order chi connectivity index (χ0) is 9.36. The van der Waals surface area contributed by atoms with Gasteiger partial charge in [-0.1, -0.05) is 0 Å². The number of nitrogens with one attached hydrogen (secondary N) is 1. The Hall–Kier alpha value is -0.840. The van der Waals surface area contributed by atoms with Gasteiger partial charge in [-0.3, -0.25) is 0 Å². The minimum absolute atomic E-state index is 0.0851. The van der Waals surface area contributed by atoms with Crippen LogP contribution >= 0.6 is 0 Å². The Labute approximate surface area is 77.5 Å². The molecule has 0 atom stereocenters. The topological polar surface area (TPSA) is 54.6 Å². The summed E-state index contributed by atoms with van der Waals surface area (Å²) in [5.74, 6) is 0. The van der Waals surface area contributed by atoms with Gasteiger partial charge in [0.15, 0.2) is 0 Å². The normalized spacial score (nSPS) is 10.5. The fourth-order valence-corrected chi connectivity index (χ4v) is 0.937. The third kappa shape index (κ3) is 4.67. The van der Waals surface area contributed by atoms with Crippen LogP contribution in [0.2, 0.25) is 0 Å². The molecule has 0 radical (unpaired) electrons. The average Bonchev–Trinajstić information content (AvgIpc) is 2.63. The number of hydrogen-bond donors (Lipinski definition) is 2. The minimum Gasteiger partial charge on any atom is -0.472 e. The average molecular weight is 185 g/mol. The molecule has 0 amide bonds. The van der Waals surface area contributed by atoms with Crippen molar-refractivity contribution in [2.75, 3.05) is 26.4 Å². The fraction of sp³-hybridized carbons (Fsp3) is 0.556. The third-order valence-corrected chi connectivity index (χ3v) is 1.57. The molecule has 0 spiro atoms. The molecule has 0 aliphatic rings. The molecule has 0 aromatic carbocycles. The number of aliphatic hydroxyl groups excluding tert-OH is 1. The minimum atomic E-state index is 0.0851.